The van der Waals surface area contributed by atoms with Gasteiger partial charge in [0, 0.05) is 19.3 Å². The van der Waals surface area contributed by atoms with Crippen LogP contribution >= 0.6 is 0 Å². The molecule has 1 unspecified atom stereocenters. The molecule has 0 aromatic carbocycles. The Kier molecular flexibility index (Phi) is 65.1. The summed E-state index contributed by atoms with van der Waals surface area (Å²) >= 11 is 0. The van der Waals surface area contributed by atoms with E-state index < -0.39 is 6.10 Å². The fraction of sp³-hybridized carbons (Fsp3) is 0.930. The van der Waals surface area contributed by atoms with Gasteiger partial charge in [-0.2, -0.15) is 0 Å². The van der Waals surface area contributed by atoms with Crippen LogP contribution in [0.25, 0.3) is 0 Å². The summed E-state index contributed by atoms with van der Waals surface area (Å²) in [5.74, 6) is -0.847. The van der Waals surface area contributed by atoms with Crippen molar-refractivity contribution in [1.29, 1.82) is 0 Å². The second-order valence-electron chi connectivity index (χ2n) is 24.2. The van der Waals surface area contributed by atoms with Gasteiger partial charge in [-0.1, -0.05) is 354 Å². The predicted molar refractivity (Wildman–Crippen MR) is 335 cm³/mol. The van der Waals surface area contributed by atoms with Crippen LogP contribution in [0.15, 0.2) is 12.2 Å². The molecule has 456 valence electrons. The SMILES string of the molecule is CCCCCCCC/C=C\CCCCCCCC(=O)OC(COC(=O)CCCCCCCCCCCCC)COC(=O)CCCCCCCCCCCCCCCCCCCCCCCCCCCCCCCCCCC. The fourth-order valence-electron chi connectivity index (χ4n) is 11.0. The van der Waals surface area contributed by atoms with Gasteiger partial charge in [0.25, 0.3) is 0 Å². The minimum Gasteiger partial charge on any atom is -0.462 e. The molecule has 0 heterocycles. The molecule has 0 aliphatic heterocycles. The van der Waals surface area contributed by atoms with Crippen LogP contribution in [0.2, 0.25) is 0 Å². The molecule has 0 rings (SSSR count). The van der Waals surface area contributed by atoms with Gasteiger partial charge in [0.15, 0.2) is 6.10 Å². The number of hydrogen-bond donors (Lipinski definition) is 0. The number of allylic oxidation sites excluding steroid dienone is 2. The number of esters is 3. The molecule has 0 radical (unpaired) electrons. The summed E-state index contributed by atoms with van der Waals surface area (Å²) in [5.41, 5.74) is 0. The molecule has 0 saturated carbocycles. The van der Waals surface area contributed by atoms with E-state index in [1.54, 1.807) is 0 Å². The van der Waals surface area contributed by atoms with Gasteiger partial charge in [-0.25, -0.2) is 0 Å². The molecular weight excluding hydrogens is 949 g/mol. The van der Waals surface area contributed by atoms with Crippen molar-refractivity contribution in [2.75, 3.05) is 13.2 Å². The summed E-state index contributed by atoms with van der Waals surface area (Å²) in [6.45, 7) is 6.69. The average molecular weight is 1090 g/mol. The number of carbonyl (C=O) groups excluding carboxylic acids is 3. The molecule has 6 nitrogen and oxygen atoms in total. The quantitative estimate of drug-likeness (QED) is 0.0261. The molecule has 0 N–H and O–H groups in total. The molecule has 0 fully saturated rings. The van der Waals surface area contributed by atoms with Gasteiger partial charge in [0.1, 0.15) is 13.2 Å². The minimum absolute atomic E-state index is 0.0671. The molecule has 0 saturated heterocycles. The summed E-state index contributed by atoms with van der Waals surface area (Å²) in [6, 6.07) is 0. The Morgan fingerprint density at radius 2 is 0.429 bits per heavy atom. The highest BCUT2D eigenvalue weighted by Crippen LogP contribution is 2.19. The Bertz CT molecular complexity index is 1200. The zero-order valence-corrected chi connectivity index (χ0v) is 52.5. The van der Waals surface area contributed by atoms with Crippen molar-refractivity contribution < 1.29 is 28.6 Å². The van der Waals surface area contributed by atoms with Gasteiger partial charge in [-0.05, 0) is 44.9 Å². The maximum absolute atomic E-state index is 12.9. The minimum atomic E-state index is -0.769. The maximum Gasteiger partial charge on any atom is 0.306 e. The summed E-state index contributed by atoms with van der Waals surface area (Å²) < 4.78 is 16.9. The van der Waals surface area contributed by atoms with Crippen LogP contribution in [-0.2, 0) is 28.6 Å². The Labute approximate surface area is 481 Å². The fourth-order valence-corrected chi connectivity index (χ4v) is 11.0. The van der Waals surface area contributed by atoms with Gasteiger partial charge in [0.2, 0.25) is 0 Å². The lowest BCUT2D eigenvalue weighted by Gasteiger charge is -2.18. The Balaban J connectivity index is 4.01. The smallest absolute Gasteiger partial charge is 0.306 e. The van der Waals surface area contributed by atoms with Crippen molar-refractivity contribution in [1.82, 2.24) is 0 Å². The zero-order valence-electron chi connectivity index (χ0n) is 52.5. The molecule has 0 aromatic heterocycles. The van der Waals surface area contributed by atoms with Crippen LogP contribution in [-0.4, -0.2) is 37.2 Å². The number of hydrogen-bond acceptors (Lipinski definition) is 6. The topological polar surface area (TPSA) is 78.9 Å². The van der Waals surface area contributed by atoms with Crippen LogP contribution in [0.5, 0.6) is 0 Å². The van der Waals surface area contributed by atoms with E-state index in [1.807, 2.05) is 0 Å². The Morgan fingerprint density at radius 3 is 0.649 bits per heavy atom. The van der Waals surface area contributed by atoms with Gasteiger partial charge in [0.05, 0.1) is 0 Å². The van der Waals surface area contributed by atoms with E-state index in [-0.39, 0.29) is 31.1 Å². The first kappa shape index (κ1) is 75.2. The first-order valence-corrected chi connectivity index (χ1v) is 35.2. The van der Waals surface area contributed by atoms with E-state index in [4.69, 9.17) is 14.2 Å². The maximum atomic E-state index is 12.9. The summed E-state index contributed by atoms with van der Waals surface area (Å²) in [4.78, 5) is 38.2. The van der Waals surface area contributed by atoms with E-state index in [9.17, 15) is 14.4 Å². The molecular formula is C71H136O6. The number of ether oxygens (including phenoxy) is 3. The third kappa shape index (κ3) is 64.9. The molecule has 0 amide bonds. The summed E-state index contributed by atoms with van der Waals surface area (Å²) in [5, 5.41) is 0. The van der Waals surface area contributed by atoms with E-state index in [2.05, 4.69) is 32.9 Å². The van der Waals surface area contributed by atoms with Gasteiger partial charge >= 0.3 is 17.9 Å². The molecule has 1 atom stereocenters. The molecule has 0 bridgehead atoms. The lowest BCUT2D eigenvalue weighted by molar-refractivity contribution is -0.167. The van der Waals surface area contributed by atoms with E-state index in [0.717, 1.165) is 64.2 Å². The van der Waals surface area contributed by atoms with Gasteiger partial charge in [-0.15, -0.1) is 0 Å². The number of carbonyl (C=O) groups is 3. The molecule has 0 aromatic rings. The standard InChI is InChI=1S/C71H136O6/c1-4-7-10-13-16-19-22-24-26-27-28-29-30-31-32-33-34-35-36-37-38-39-40-41-42-43-45-46-49-52-55-58-61-64-70(73)76-67-68(66-75-69(72)63-60-57-54-51-48-21-18-15-12-9-6-3)77-71(74)65-62-59-56-53-50-47-44-25-23-20-17-14-11-8-5-2/h25,44,68H,4-24,26-43,45-67H2,1-3H3/b44-25-. The normalized spacial score (nSPS) is 12.0. The highest BCUT2D eigenvalue weighted by molar-refractivity contribution is 5.71. The Morgan fingerprint density at radius 1 is 0.247 bits per heavy atom. The van der Waals surface area contributed by atoms with E-state index >= 15 is 0 Å². The Hall–Kier alpha value is -1.85. The van der Waals surface area contributed by atoms with Crippen molar-refractivity contribution >= 4 is 17.9 Å². The van der Waals surface area contributed by atoms with Crippen molar-refractivity contribution in [3.05, 3.63) is 12.2 Å². The second kappa shape index (κ2) is 66.7. The highest BCUT2D eigenvalue weighted by Gasteiger charge is 2.19. The molecule has 0 aliphatic rings. The van der Waals surface area contributed by atoms with Gasteiger partial charge in [-0.3, -0.25) is 14.4 Å². The van der Waals surface area contributed by atoms with Crippen LogP contribution in [0, 0.1) is 0 Å². The molecule has 6 heteroatoms. The second-order valence-corrected chi connectivity index (χ2v) is 24.2. The first-order valence-electron chi connectivity index (χ1n) is 35.2. The number of unbranched alkanes of at least 4 members (excludes halogenated alkanes) is 53. The summed E-state index contributed by atoms with van der Waals surface area (Å²) in [7, 11) is 0. The van der Waals surface area contributed by atoms with Crippen LogP contribution in [0.4, 0.5) is 0 Å². The van der Waals surface area contributed by atoms with E-state index in [1.165, 1.54) is 302 Å². The van der Waals surface area contributed by atoms with Crippen LogP contribution in [0.1, 0.15) is 406 Å². The van der Waals surface area contributed by atoms with Crippen molar-refractivity contribution in [3.8, 4) is 0 Å². The number of rotatable bonds is 66. The van der Waals surface area contributed by atoms with Crippen LogP contribution in [0.3, 0.4) is 0 Å². The predicted octanol–water partition coefficient (Wildman–Crippen LogP) is 24.0. The molecule has 0 aliphatic carbocycles. The third-order valence-corrected chi connectivity index (χ3v) is 16.3. The zero-order chi connectivity index (χ0) is 55.7. The lowest BCUT2D eigenvalue weighted by atomic mass is 10.0. The van der Waals surface area contributed by atoms with Gasteiger partial charge < -0.3 is 14.2 Å². The monoisotopic (exact) mass is 1090 g/mol. The summed E-state index contributed by atoms with van der Waals surface area (Å²) in [6.07, 6.45) is 79.8. The third-order valence-electron chi connectivity index (χ3n) is 16.3. The highest BCUT2D eigenvalue weighted by atomic mass is 16.6. The van der Waals surface area contributed by atoms with Crippen molar-refractivity contribution in [2.24, 2.45) is 0 Å². The average Bonchev–Trinajstić information content (AvgIpc) is 3.43. The van der Waals surface area contributed by atoms with Crippen LogP contribution < -0.4 is 0 Å². The molecule has 77 heavy (non-hydrogen) atoms. The van der Waals surface area contributed by atoms with Crippen molar-refractivity contribution in [2.45, 2.75) is 412 Å². The lowest BCUT2D eigenvalue weighted by Crippen LogP contribution is -2.30. The van der Waals surface area contributed by atoms with Crippen molar-refractivity contribution in [3.63, 3.8) is 0 Å². The first-order chi connectivity index (χ1) is 38.0. The molecule has 0 spiro atoms. The van der Waals surface area contributed by atoms with E-state index in [0.29, 0.717) is 19.3 Å². The largest absolute Gasteiger partial charge is 0.462 e.